The molecule has 0 aromatic heterocycles. The third-order valence-electron chi connectivity index (χ3n) is 4.09. The Kier molecular flexibility index (Phi) is 7.50. The number of nitrogens with one attached hydrogen (secondary N) is 1. The van der Waals surface area contributed by atoms with Gasteiger partial charge in [-0.1, -0.05) is 43.0 Å². The lowest BCUT2D eigenvalue weighted by molar-refractivity contribution is -0.123. The molecule has 1 aliphatic carbocycles. The average Bonchev–Trinajstić information content (AvgIpc) is 2.46. The molecule has 0 saturated heterocycles. The monoisotopic (exact) mass is 330 g/mol. The Balaban J connectivity index is 0.00000220. The Bertz CT molecular complexity index is 442. The van der Waals surface area contributed by atoms with Gasteiger partial charge < -0.3 is 11.1 Å². The second-order valence-electron chi connectivity index (χ2n) is 5.59. The van der Waals surface area contributed by atoms with E-state index in [9.17, 15) is 4.79 Å². The van der Waals surface area contributed by atoms with Crippen molar-refractivity contribution in [2.24, 2.45) is 5.73 Å². The smallest absolute Gasteiger partial charge is 0.220 e. The predicted octanol–water partition coefficient (Wildman–Crippen LogP) is 3.78. The number of nitrogens with two attached hydrogens (primary N) is 1. The maximum atomic E-state index is 12.1. The van der Waals surface area contributed by atoms with Crippen LogP contribution in [0.2, 0.25) is 5.02 Å². The highest BCUT2D eigenvalue weighted by molar-refractivity contribution is 6.30. The Morgan fingerprint density at radius 3 is 2.38 bits per heavy atom. The number of amides is 1. The summed E-state index contributed by atoms with van der Waals surface area (Å²) in [4.78, 5) is 12.1. The molecule has 0 atom stereocenters. The molecule has 1 fully saturated rings. The maximum Gasteiger partial charge on any atom is 0.220 e. The summed E-state index contributed by atoms with van der Waals surface area (Å²) >= 11 is 5.97. The van der Waals surface area contributed by atoms with Gasteiger partial charge >= 0.3 is 0 Å². The van der Waals surface area contributed by atoms with Gasteiger partial charge in [0.1, 0.15) is 0 Å². The van der Waals surface area contributed by atoms with E-state index in [2.05, 4.69) is 5.32 Å². The number of rotatable bonds is 5. The summed E-state index contributed by atoms with van der Waals surface area (Å²) in [7, 11) is 0. The van der Waals surface area contributed by atoms with Gasteiger partial charge in [-0.25, -0.2) is 0 Å². The molecule has 5 heteroatoms. The highest BCUT2D eigenvalue weighted by Gasteiger charge is 2.34. The first-order valence-corrected chi connectivity index (χ1v) is 7.81. The normalized spacial score (nSPS) is 16.9. The van der Waals surface area contributed by atoms with Crippen LogP contribution in [-0.4, -0.2) is 12.5 Å². The summed E-state index contributed by atoms with van der Waals surface area (Å²) in [5, 5.41) is 4.00. The lowest BCUT2D eigenvalue weighted by Gasteiger charge is -2.39. The zero-order valence-corrected chi connectivity index (χ0v) is 13.8. The number of carbonyl (C=O) groups excluding carboxylic acids is 1. The Morgan fingerprint density at radius 2 is 1.81 bits per heavy atom. The molecule has 0 bridgehead atoms. The van der Waals surface area contributed by atoms with E-state index in [4.69, 9.17) is 17.3 Å². The minimum absolute atomic E-state index is 0. The molecule has 1 amide bonds. The van der Waals surface area contributed by atoms with E-state index in [1.807, 2.05) is 24.3 Å². The zero-order valence-electron chi connectivity index (χ0n) is 12.2. The van der Waals surface area contributed by atoms with E-state index in [-0.39, 0.29) is 23.9 Å². The van der Waals surface area contributed by atoms with E-state index in [1.165, 1.54) is 12.0 Å². The first kappa shape index (κ1) is 18.3. The molecular weight excluding hydrogens is 307 g/mol. The second-order valence-corrected chi connectivity index (χ2v) is 6.03. The van der Waals surface area contributed by atoms with Crippen LogP contribution in [0.1, 0.15) is 50.5 Å². The largest absolute Gasteiger partial charge is 0.347 e. The third-order valence-corrected chi connectivity index (χ3v) is 4.34. The minimum Gasteiger partial charge on any atom is -0.347 e. The number of hydrogen-bond donors (Lipinski definition) is 2. The molecule has 118 valence electrons. The molecule has 0 spiro atoms. The Morgan fingerprint density at radius 1 is 1.19 bits per heavy atom. The molecule has 3 nitrogen and oxygen atoms in total. The maximum absolute atomic E-state index is 12.1. The van der Waals surface area contributed by atoms with Crippen molar-refractivity contribution in [2.75, 3.05) is 6.54 Å². The van der Waals surface area contributed by atoms with Gasteiger partial charge in [-0.3, -0.25) is 4.79 Å². The van der Waals surface area contributed by atoms with Crippen molar-refractivity contribution in [1.82, 2.24) is 5.32 Å². The van der Waals surface area contributed by atoms with E-state index >= 15 is 0 Å². The van der Waals surface area contributed by atoms with Gasteiger partial charge in [0.25, 0.3) is 0 Å². The summed E-state index contributed by atoms with van der Waals surface area (Å²) in [6.45, 7) is 0.557. The van der Waals surface area contributed by atoms with Crippen LogP contribution in [0.4, 0.5) is 0 Å². The van der Waals surface area contributed by atoms with Gasteiger partial charge in [0.15, 0.2) is 0 Å². The lowest BCUT2D eigenvalue weighted by atomic mass is 9.76. The molecule has 1 aromatic rings. The van der Waals surface area contributed by atoms with Crippen molar-refractivity contribution < 1.29 is 4.79 Å². The van der Waals surface area contributed by atoms with Crippen molar-refractivity contribution in [3.63, 3.8) is 0 Å². The van der Waals surface area contributed by atoms with Gasteiger partial charge in [0, 0.05) is 11.4 Å². The minimum atomic E-state index is -0.214. The summed E-state index contributed by atoms with van der Waals surface area (Å²) in [5.74, 6) is 0.104. The van der Waals surface area contributed by atoms with Gasteiger partial charge in [0.05, 0.1) is 5.54 Å². The molecule has 1 aliphatic rings. The predicted molar refractivity (Wildman–Crippen MR) is 89.9 cm³/mol. The second kappa shape index (κ2) is 8.62. The van der Waals surface area contributed by atoms with Gasteiger partial charge in [-0.05, 0) is 43.5 Å². The van der Waals surface area contributed by atoms with E-state index in [1.54, 1.807) is 0 Å². The standard InChI is InChI=1S/C16H23ClN2O.ClH/c17-14-8-6-13(7-9-14)16(10-2-1-3-11-16)19-15(20)5-4-12-18;/h6-9H,1-5,10-12,18H2,(H,19,20);1H. The van der Waals surface area contributed by atoms with Crippen LogP contribution in [0, 0.1) is 0 Å². The van der Waals surface area contributed by atoms with E-state index in [0.29, 0.717) is 13.0 Å². The van der Waals surface area contributed by atoms with Gasteiger partial charge in [-0.15, -0.1) is 12.4 Å². The Labute approximate surface area is 138 Å². The molecular formula is C16H24Cl2N2O. The van der Waals surface area contributed by atoms with Crippen LogP contribution in [0.15, 0.2) is 24.3 Å². The molecule has 1 aromatic carbocycles. The van der Waals surface area contributed by atoms with Crippen LogP contribution >= 0.6 is 24.0 Å². The average molecular weight is 331 g/mol. The molecule has 3 N–H and O–H groups in total. The van der Waals surface area contributed by atoms with Crippen molar-refractivity contribution in [3.05, 3.63) is 34.9 Å². The SMILES string of the molecule is Cl.NCCCC(=O)NC1(c2ccc(Cl)cc2)CCCCC1. The molecule has 0 aliphatic heterocycles. The summed E-state index contributed by atoms with van der Waals surface area (Å²) in [6, 6.07) is 7.88. The fourth-order valence-corrected chi connectivity index (χ4v) is 3.13. The lowest BCUT2D eigenvalue weighted by Crippen LogP contribution is -2.47. The number of hydrogen-bond acceptors (Lipinski definition) is 2. The first-order chi connectivity index (χ1) is 9.66. The fourth-order valence-electron chi connectivity index (χ4n) is 3.00. The summed E-state index contributed by atoms with van der Waals surface area (Å²) in [5.41, 5.74) is 6.43. The van der Waals surface area contributed by atoms with Crippen LogP contribution in [-0.2, 0) is 10.3 Å². The van der Waals surface area contributed by atoms with Gasteiger partial charge in [-0.2, -0.15) is 0 Å². The van der Waals surface area contributed by atoms with Crippen molar-refractivity contribution in [2.45, 2.75) is 50.5 Å². The fraction of sp³-hybridized carbons (Fsp3) is 0.562. The number of benzene rings is 1. The molecule has 0 unspecified atom stereocenters. The van der Waals surface area contributed by atoms with Crippen LogP contribution in [0.3, 0.4) is 0 Å². The quantitative estimate of drug-likeness (QED) is 0.863. The topological polar surface area (TPSA) is 55.1 Å². The molecule has 2 rings (SSSR count). The van der Waals surface area contributed by atoms with E-state index < -0.39 is 0 Å². The highest BCUT2D eigenvalue weighted by atomic mass is 35.5. The molecule has 0 heterocycles. The van der Waals surface area contributed by atoms with Crippen molar-refractivity contribution in [1.29, 1.82) is 0 Å². The van der Waals surface area contributed by atoms with Crippen molar-refractivity contribution >= 4 is 29.9 Å². The van der Waals surface area contributed by atoms with Crippen molar-refractivity contribution in [3.8, 4) is 0 Å². The number of halogens is 2. The number of carbonyl (C=O) groups is 1. The molecule has 1 saturated carbocycles. The van der Waals surface area contributed by atoms with Crippen LogP contribution in [0.5, 0.6) is 0 Å². The highest BCUT2D eigenvalue weighted by Crippen LogP contribution is 2.37. The summed E-state index contributed by atoms with van der Waals surface area (Å²) < 4.78 is 0. The van der Waals surface area contributed by atoms with E-state index in [0.717, 1.165) is 37.1 Å². The van der Waals surface area contributed by atoms with Crippen LogP contribution < -0.4 is 11.1 Å². The zero-order chi connectivity index (χ0) is 14.4. The molecule has 0 radical (unpaired) electrons. The summed E-state index contributed by atoms with van der Waals surface area (Å²) in [6.07, 6.45) is 6.80. The Hall–Kier alpha value is -0.770. The molecule has 21 heavy (non-hydrogen) atoms. The van der Waals surface area contributed by atoms with Gasteiger partial charge in [0.2, 0.25) is 5.91 Å². The first-order valence-electron chi connectivity index (χ1n) is 7.43. The third kappa shape index (κ3) is 4.87. The van der Waals surface area contributed by atoms with Crippen LogP contribution in [0.25, 0.3) is 0 Å².